The lowest BCUT2D eigenvalue weighted by Crippen LogP contribution is -2.44. The highest BCUT2D eigenvalue weighted by molar-refractivity contribution is 5.96. The Morgan fingerprint density at radius 1 is 0.793 bits per heavy atom. The minimum absolute atomic E-state index is 0.206. The Labute approximate surface area is 169 Å². The van der Waals surface area contributed by atoms with Crippen LogP contribution in [-0.4, -0.2) is 18.4 Å². The molecule has 0 saturated heterocycles. The number of hydrazine groups is 1. The average Bonchev–Trinajstić information content (AvgIpc) is 2.75. The number of rotatable bonds is 7. The first kappa shape index (κ1) is 19.9. The van der Waals surface area contributed by atoms with Crippen LogP contribution < -0.4 is 20.3 Å². The SMILES string of the molecule is Cc1cccc(OCC(=O)NNC(=O)c2ccccc2COc2ccccc2)c1. The van der Waals surface area contributed by atoms with Crippen molar-refractivity contribution in [1.82, 2.24) is 10.9 Å². The fourth-order valence-electron chi connectivity index (χ4n) is 2.63. The summed E-state index contributed by atoms with van der Waals surface area (Å²) in [5.41, 5.74) is 6.93. The third-order valence-electron chi connectivity index (χ3n) is 4.07. The van der Waals surface area contributed by atoms with E-state index in [1.807, 2.05) is 61.5 Å². The first-order chi connectivity index (χ1) is 14.1. The minimum atomic E-state index is -0.460. The molecule has 29 heavy (non-hydrogen) atoms. The molecule has 0 aliphatic carbocycles. The van der Waals surface area contributed by atoms with Gasteiger partial charge in [-0.1, -0.05) is 48.5 Å². The normalized spacial score (nSPS) is 10.1. The van der Waals surface area contributed by atoms with Crippen LogP contribution in [0.5, 0.6) is 11.5 Å². The molecule has 0 spiro atoms. The first-order valence-corrected chi connectivity index (χ1v) is 9.16. The molecule has 3 rings (SSSR count). The number of ether oxygens (including phenoxy) is 2. The fraction of sp³-hybridized carbons (Fsp3) is 0.130. The number of carbonyl (C=O) groups excluding carboxylic acids is 2. The van der Waals surface area contributed by atoms with E-state index >= 15 is 0 Å². The molecule has 0 aliphatic rings. The van der Waals surface area contributed by atoms with Gasteiger partial charge in [0.1, 0.15) is 18.1 Å². The van der Waals surface area contributed by atoms with Crippen molar-refractivity contribution in [1.29, 1.82) is 0 Å². The number of benzene rings is 3. The Morgan fingerprint density at radius 2 is 1.52 bits per heavy atom. The molecule has 6 heteroatoms. The van der Waals surface area contributed by atoms with Gasteiger partial charge >= 0.3 is 0 Å². The lowest BCUT2D eigenvalue weighted by Gasteiger charge is -2.12. The van der Waals surface area contributed by atoms with E-state index in [0.29, 0.717) is 22.6 Å². The Kier molecular flexibility index (Phi) is 6.84. The lowest BCUT2D eigenvalue weighted by atomic mass is 10.1. The van der Waals surface area contributed by atoms with Crippen LogP contribution >= 0.6 is 0 Å². The number of hydrogen-bond donors (Lipinski definition) is 2. The molecule has 0 radical (unpaired) electrons. The fourth-order valence-corrected chi connectivity index (χ4v) is 2.63. The van der Waals surface area contributed by atoms with Gasteiger partial charge in [-0.05, 0) is 42.8 Å². The van der Waals surface area contributed by atoms with Gasteiger partial charge in [0.15, 0.2) is 6.61 Å². The second-order valence-corrected chi connectivity index (χ2v) is 6.37. The van der Waals surface area contributed by atoms with E-state index in [-0.39, 0.29) is 13.2 Å². The van der Waals surface area contributed by atoms with Crippen LogP contribution in [0.25, 0.3) is 0 Å². The van der Waals surface area contributed by atoms with Gasteiger partial charge in [-0.2, -0.15) is 0 Å². The minimum Gasteiger partial charge on any atom is -0.489 e. The molecule has 0 bridgehead atoms. The number of aryl methyl sites for hydroxylation is 1. The summed E-state index contributed by atoms with van der Waals surface area (Å²) in [6.45, 7) is 1.96. The Balaban J connectivity index is 1.51. The topological polar surface area (TPSA) is 76.7 Å². The van der Waals surface area contributed by atoms with Crippen molar-refractivity contribution >= 4 is 11.8 Å². The van der Waals surface area contributed by atoms with Gasteiger partial charge in [0.05, 0.1) is 0 Å². The Hall–Kier alpha value is -3.80. The number of amides is 2. The highest BCUT2D eigenvalue weighted by Gasteiger charge is 2.12. The van der Waals surface area contributed by atoms with Gasteiger partial charge in [0, 0.05) is 11.1 Å². The highest BCUT2D eigenvalue weighted by atomic mass is 16.5. The van der Waals surface area contributed by atoms with Crippen LogP contribution in [0.2, 0.25) is 0 Å². The van der Waals surface area contributed by atoms with E-state index in [1.54, 1.807) is 24.3 Å². The molecule has 0 atom stereocenters. The summed E-state index contributed by atoms with van der Waals surface area (Å²) in [5.74, 6) is 0.415. The lowest BCUT2D eigenvalue weighted by molar-refractivity contribution is -0.123. The van der Waals surface area contributed by atoms with Crippen LogP contribution in [0.1, 0.15) is 21.5 Å². The van der Waals surface area contributed by atoms with Crippen LogP contribution in [-0.2, 0) is 11.4 Å². The largest absolute Gasteiger partial charge is 0.489 e. The standard InChI is InChI=1S/C23H22N2O4/c1-17-8-7-12-20(14-17)29-16-22(26)24-25-23(27)21-13-6-5-9-18(21)15-28-19-10-3-2-4-11-19/h2-14H,15-16H2,1H3,(H,24,26)(H,25,27). The Morgan fingerprint density at radius 3 is 2.31 bits per heavy atom. The summed E-state index contributed by atoms with van der Waals surface area (Å²) in [6, 6.07) is 23.8. The van der Waals surface area contributed by atoms with Crippen LogP contribution in [0.4, 0.5) is 0 Å². The molecule has 0 aromatic heterocycles. The summed E-state index contributed by atoms with van der Waals surface area (Å²) >= 11 is 0. The third-order valence-corrected chi connectivity index (χ3v) is 4.07. The molecule has 3 aromatic rings. The quantitative estimate of drug-likeness (QED) is 0.606. The Bertz CT molecular complexity index is 973. The van der Waals surface area contributed by atoms with E-state index in [0.717, 1.165) is 5.56 Å². The van der Waals surface area contributed by atoms with Crippen molar-refractivity contribution in [3.05, 3.63) is 95.6 Å². The average molecular weight is 390 g/mol. The monoisotopic (exact) mass is 390 g/mol. The van der Waals surface area contributed by atoms with Crippen LogP contribution in [0.15, 0.2) is 78.9 Å². The van der Waals surface area contributed by atoms with Crippen LogP contribution in [0, 0.1) is 6.92 Å². The summed E-state index contributed by atoms with van der Waals surface area (Å²) in [7, 11) is 0. The zero-order chi connectivity index (χ0) is 20.5. The molecule has 2 N–H and O–H groups in total. The number of nitrogens with one attached hydrogen (secondary N) is 2. The van der Waals surface area contributed by atoms with Crippen molar-refractivity contribution in [2.75, 3.05) is 6.61 Å². The number of carbonyl (C=O) groups is 2. The summed E-state index contributed by atoms with van der Waals surface area (Å²) in [4.78, 5) is 24.4. The van der Waals surface area contributed by atoms with Gasteiger partial charge < -0.3 is 9.47 Å². The summed E-state index contributed by atoms with van der Waals surface area (Å²) in [5, 5.41) is 0. The maximum atomic E-state index is 12.5. The van der Waals surface area contributed by atoms with Crippen LogP contribution in [0.3, 0.4) is 0 Å². The van der Waals surface area contributed by atoms with Gasteiger partial charge in [-0.25, -0.2) is 0 Å². The third kappa shape index (κ3) is 6.10. The molecule has 0 unspecified atom stereocenters. The zero-order valence-electron chi connectivity index (χ0n) is 16.1. The number of para-hydroxylation sites is 1. The maximum Gasteiger partial charge on any atom is 0.276 e. The van der Waals surface area contributed by atoms with Crippen molar-refractivity contribution in [3.63, 3.8) is 0 Å². The predicted octanol–water partition coefficient (Wildman–Crippen LogP) is 3.41. The van der Waals surface area contributed by atoms with Gasteiger partial charge in [-0.15, -0.1) is 0 Å². The predicted molar refractivity (Wildman–Crippen MR) is 109 cm³/mol. The molecule has 3 aromatic carbocycles. The van der Waals surface area contributed by atoms with E-state index < -0.39 is 11.8 Å². The van der Waals surface area contributed by atoms with E-state index in [9.17, 15) is 9.59 Å². The molecule has 0 saturated carbocycles. The van der Waals surface area contributed by atoms with Gasteiger partial charge in [-0.3, -0.25) is 20.4 Å². The second kappa shape index (κ2) is 9.94. The van der Waals surface area contributed by atoms with E-state index in [4.69, 9.17) is 9.47 Å². The first-order valence-electron chi connectivity index (χ1n) is 9.16. The smallest absolute Gasteiger partial charge is 0.276 e. The van der Waals surface area contributed by atoms with Gasteiger partial charge in [0.2, 0.25) is 0 Å². The van der Waals surface area contributed by atoms with Gasteiger partial charge in [0.25, 0.3) is 11.8 Å². The number of hydrogen-bond acceptors (Lipinski definition) is 4. The molecule has 6 nitrogen and oxygen atoms in total. The van der Waals surface area contributed by atoms with E-state index in [1.165, 1.54) is 0 Å². The van der Waals surface area contributed by atoms with Crippen molar-refractivity contribution in [2.24, 2.45) is 0 Å². The van der Waals surface area contributed by atoms with Crippen molar-refractivity contribution < 1.29 is 19.1 Å². The molecular weight excluding hydrogens is 368 g/mol. The maximum absolute atomic E-state index is 12.5. The summed E-state index contributed by atoms with van der Waals surface area (Å²) in [6.07, 6.45) is 0. The van der Waals surface area contributed by atoms with Crippen molar-refractivity contribution in [2.45, 2.75) is 13.5 Å². The molecule has 0 aliphatic heterocycles. The molecule has 148 valence electrons. The highest BCUT2D eigenvalue weighted by Crippen LogP contribution is 2.15. The second-order valence-electron chi connectivity index (χ2n) is 6.37. The van der Waals surface area contributed by atoms with E-state index in [2.05, 4.69) is 10.9 Å². The molecular formula is C23H22N2O4. The molecule has 0 heterocycles. The van der Waals surface area contributed by atoms with Crippen molar-refractivity contribution in [3.8, 4) is 11.5 Å². The summed E-state index contributed by atoms with van der Waals surface area (Å²) < 4.78 is 11.1. The molecule has 0 fully saturated rings. The zero-order valence-corrected chi connectivity index (χ0v) is 16.1. The molecule has 2 amide bonds.